The maximum atomic E-state index is 14.0. The van der Waals surface area contributed by atoms with Crippen molar-refractivity contribution >= 4 is 23.6 Å². The summed E-state index contributed by atoms with van der Waals surface area (Å²) in [4.78, 5) is 14.0. The van der Waals surface area contributed by atoms with E-state index in [0.29, 0.717) is 17.7 Å². The van der Waals surface area contributed by atoms with Gasteiger partial charge in [-0.25, -0.2) is 4.68 Å². The molecule has 1 N–H and O–H groups in total. The Balaban J connectivity index is 1.68. The molecule has 0 radical (unpaired) electrons. The van der Waals surface area contributed by atoms with Gasteiger partial charge in [0.15, 0.2) is 11.5 Å². The van der Waals surface area contributed by atoms with Gasteiger partial charge in [0, 0.05) is 11.1 Å². The molecule has 0 aliphatic heterocycles. The van der Waals surface area contributed by atoms with Crippen LogP contribution in [0.4, 0.5) is 26.3 Å². The molecule has 8 nitrogen and oxygen atoms in total. The summed E-state index contributed by atoms with van der Waals surface area (Å²) in [6, 6.07) is 15.5. The molecule has 0 spiro atoms. The fraction of sp³-hybridized carbons (Fsp3) is 0.107. The van der Waals surface area contributed by atoms with Crippen LogP contribution in [0.3, 0.4) is 0 Å². The lowest BCUT2D eigenvalue weighted by molar-refractivity contribution is -0.143. The van der Waals surface area contributed by atoms with Gasteiger partial charge in [-0.1, -0.05) is 69.6 Å². The van der Waals surface area contributed by atoms with E-state index in [4.69, 9.17) is 21.3 Å². The van der Waals surface area contributed by atoms with E-state index < -0.39 is 41.4 Å². The smallest absolute Gasteiger partial charge is 0.411 e. The molecule has 3 aromatic carbocycles. The Kier molecular flexibility index (Phi) is 7.80. The number of carbonyl (C=O) groups excluding carboxylic acids is 1. The second-order valence-corrected chi connectivity index (χ2v) is 9.46. The molecule has 15 heteroatoms. The van der Waals surface area contributed by atoms with E-state index in [2.05, 4.69) is 20.6 Å². The van der Waals surface area contributed by atoms with Crippen LogP contribution in [0.2, 0.25) is 5.02 Å². The second-order valence-electron chi connectivity index (χ2n) is 9.05. The fourth-order valence-corrected chi connectivity index (χ4v) is 4.58. The van der Waals surface area contributed by atoms with Crippen LogP contribution in [0.25, 0.3) is 22.6 Å². The molecular formula is C28H16ClF6N5O3. The van der Waals surface area contributed by atoms with Gasteiger partial charge in [0.05, 0.1) is 28.9 Å². The standard InChI is InChI=1S/C28H16ClF6N5O3/c29-20-9-5-4-8-19(20)26-22(21(13-36-42)38-43-26)25(41)23-24(16-6-2-1-3-7-16)40(39-37-23)14-15-10-17(27(30,31)32)12-18(11-15)28(33,34)35/h1-13,42H,14H2/b36-13-. The van der Waals surface area contributed by atoms with Crippen LogP contribution in [0.15, 0.2) is 82.5 Å². The molecule has 0 saturated heterocycles. The summed E-state index contributed by atoms with van der Waals surface area (Å²) in [5.74, 6) is -0.956. The van der Waals surface area contributed by atoms with Gasteiger partial charge in [-0.15, -0.1) is 5.10 Å². The summed E-state index contributed by atoms with van der Waals surface area (Å²) in [6.45, 7) is -0.608. The third kappa shape index (κ3) is 6.00. The first-order valence-corrected chi connectivity index (χ1v) is 12.5. The first-order valence-electron chi connectivity index (χ1n) is 12.1. The summed E-state index contributed by atoms with van der Waals surface area (Å²) in [5.41, 5.74) is -3.60. The van der Waals surface area contributed by atoms with Gasteiger partial charge in [-0.2, -0.15) is 26.3 Å². The first-order chi connectivity index (χ1) is 20.4. The molecule has 5 aromatic rings. The summed E-state index contributed by atoms with van der Waals surface area (Å²) in [6.07, 6.45) is -9.28. The number of hydrogen-bond donors (Lipinski definition) is 1. The molecule has 0 saturated carbocycles. The van der Waals surface area contributed by atoms with Gasteiger partial charge in [0.2, 0.25) is 5.78 Å². The Morgan fingerprint density at radius 2 is 1.58 bits per heavy atom. The molecule has 0 fully saturated rings. The molecule has 0 bridgehead atoms. The zero-order valence-electron chi connectivity index (χ0n) is 21.4. The van der Waals surface area contributed by atoms with Gasteiger partial charge in [-0.05, 0) is 35.9 Å². The number of halogens is 7. The minimum absolute atomic E-state index is 0.0181. The Hall–Kier alpha value is -4.98. The largest absolute Gasteiger partial charge is 0.416 e. The van der Waals surface area contributed by atoms with Crippen molar-refractivity contribution in [2.45, 2.75) is 18.9 Å². The lowest BCUT2D eigenvalue weighted by Gasteiger charge is -2.15. The second kappa shape index (κ2) is 11.4. The molecule has 0 unspecified atom stereocenters. The zero-order valence-corrected chi connectivity index (χ0v) is 22.1. The van der Waals surface area contributed by atoms with Crippen LogP contribution in [0.1, 0.15) is 38.4 Å². The predicted molar refractivity (Wildman–Crippen MR) is 141 cm³/mol. The van der Waals surface area contributed by atoms with Crippen molar-refractivity contribution in [2.24, 2.45) is 5.16 Å². The highest BCUT2D eigenvalue weighted by Gasteiger charge is 2.37. The average molecular weight is 620 g/mol. The predicted octanol–water partition coefficient (Wildman–Crippen LogP) is 7.38. The van der Waals surface area contributed by atoms with Gasteiger partial charge in [-0.3, -0.25) is 4.79 Å². The fourth-order valence-electron chi connectivity index (χ4n) is 4.35. The highest BCUT2D eigenvalue weighted by molar-refractivity contribution is 6.33. The first kappa shape index (κ1) is 29.5. The van der Waals surface area contributed by atoms with Crippen molar-refractivity contribution < 1.29 is 40.9 Å². The molecule has 0 amide bonds. The summed E-state index contributed by atoms with van der Waals surface area (Å²) in [5, 5.41) is 23.9. The Labute approximate surface area is 242 Å². The van der Waals surface area contributed by atoms with E-state index in [0.717, 1.165) is 10.9 Å². The van der Waals surface area contributed by atoms with Crippen LogP contribution < -0.4 is 0 Å². The van der Waals surface area contributed by atoms with Crippen LogP contribution in [0.5, 0.6) is 0 Å². The van der Waals surface area contributed by atoms with Crippen molar-refractivity contribution in [3.8, 4) is 22.6 Å². The number of benzene rings is 3. The van der Waals surface area contributed by atoms with E-state index in [1.807, 2.05) is 0 Å². The van der Waals surface area contributed by atoms with Crippen LogP contribution >= 0.6 is 11.6 Å². The third-order valence-corrected chi connectivity index (χ3v) is 6.55. The lowest BCUT2D eigenvalue weighted by Crippen LogP contribution is -2.14. The maximum Gasteiger partial charge on any atom is 0.416 e. The van der Waals surface area contributed by atoms with Gasteiger partial charge in [0.1, 0.15) is 17.0 Å². The number of oxime groups is 1. The van der Waals surface area contributed by atoms with Gasteiger partial charge in [0.25, 0.3) is 0 Å². The van der Waals surface area contributed by atoms with Crippen molar-refractivity contribution in [1.29, 1.82) is 0 Å². The Morgan fingerprint density at radius 3 is 2.19 bits per heavy atom. The zero-order chi connectivity index (χ0) is 30.9. The molecule has 43 heavy (non-hydrogen) atoms. The monoisotopic (exact) mass is 619 g/mol. The Bertz CT molecular complexity index is 1800. The summed E-state index contributed by atoms with van der Waals surface area (Å²) >= 11 is 6.30. The minimum Gasteiger partial charge on any atom is -0.411 e. The topological polar surface area (TPSA) is 106 Å². The van der Waals surface area contributed by atoms with E-state index in [-0.39, 0.29) is 45.1 Å². The van der Waals surface area contributed by atoms with Crippen molar-refractivity contribution in [3.63, 3.8) is 0 Å². The number of alkyl halides is 6. The SMILES string of the molecule is O=C(c1nnn(Cc2cc(C(F)(F)F)cc(C(F)(F)F)c2)c1-c1ccccc1)c1c(/C=N\O)noc1-c1ccccc1Cl. The quantitative estimate of drug-likeness (QED) is 0.0670. The van der Waals surface area contributed by atoms with Crippen molar-refractivity contribution in [3.05, 3.63) is 111 Å². The number of ketones is 1. The molecule has 5 rings (SSSR count). The summed E-state index contributed by atoms with van der Waals surface area (Å²) in [7, 11) is 0. The van der Waals surface area contributed by atoms with E-state index in [1.165, 1.54) is 6.07 Å². The number of carbonyl (C=O) groups is 1. The van der Waals surface area contributed by atoms with Crippen LogP contribution in [-0.4, -0.2) is 37.4 Å². The Morgan fingerprint density at radius 1 is 0.953 bits per heavy atom. The van der Waals surface area contributed by atoms with E-state index in [9.17, 15) is 31.1 Å². The van der Waals surface area contributed by atoms with Crippen molar-refractivity contribution in [2.75, 3.05) is 0 Å². The van der Waals surface area contributed by atoms with E-state index in [1.54, 1.807) is 48.5 Å². The maximum absolute atomic E-state index is 14.0. The molecular weight excluding hydrogens is 604 g/mol. The highest BCUT2D eigenvalue weighted by atomic mass is 35.5. The molecule has 2 heterocycles. The summed E-state index contributed by atoms with van der Waals surface area (Å²) < 4.78 is 87.3. The third-order valence-electron chi connectivity index (χ3n) is 6.22. The van der Waals surface area contributed by atoms with Crippen molar-refractivity contribution in [1.82, 2.24) is 20.2 Å². The lowest BCUT2D eigenvalue weighted by atomic mass is 9.98. The number of rotatable bonds is 7. The molecule has 0 aliphatic rings. The molecule has 220 valence electrons. The average Bonchev–Trinajstić information content (AvgIpc) is 3.57. The van der Waals surface area contributed by atoms with Crippen LogP contribution in [0, 0.1) is 0 Å². The van der Waals surface area contributed by atoms with Gasteiger partial charge >= 0.3 is 12.4 Å². The molecule has 0 atom stereocenters. The molecule has 0 aliphatic carbocycles. The van der Waals surface area contributed by atoms with E-state index >= 15 is 0 Å². The minimum atomic E-state index is -5.06. The van der Waals surface area contributed by atoms with Crippen LogP contribution in [-0.2, 0) is 18.9 Å². The van der Waals surface area contributed by atoms with Gasteiger partial charge < -0.3 is 9.73 Å². The number of aromatic nitrogens is 4. The number of nitrogens with zero attached hydrogens (tertiary/aromatic N) is 5. The highest BCUT2D eigenvalue weighted by Crippen LogP contribution is 2.38. The molecule has 2 aromatic heterocycles. The number of hydrogen-bond acceptors (Lipinski definition) is 7. The normalized spacial score (nSPS) is 12.3.